The topological polar surface area (TPSA) is 60.2 Å². The van der Waals surface area contributed by atoms with E-state index in [2.05, 4.69) is 36.3 Å². The van der Waals surface area contributed by atoms with Crippen molar-refractivity contribution in [3.05, 3.63) is 5.89 Å². The largest absolute Gasteiger partial charge is 0.408 e. The summed E-state index contributed by atoms with van der Waals surface area (Å²) in [6, 6.07) is 0.548. The minimum absolute atomic E-state index is 0.269. The summed E-state index contributed by atoms with van der Waals surface area (Å²) in [5, 5.41) is 11.4. The van der Waals surface area contributed by atoms with Crippen molar-refractivity contribution >= 4 is 6.01 Å². The van der Waals surface area contributed by atoms with Crippen molar-refractivity contribution in [1.29, 1.82) is 0 Å². The molecule has 0 unspecified atom stereocenters. The first-order chi connectivity index (χ1) is 9.07. The molecule has 0 saturated carbocycles. The predicted octanol–water partition coefficient (Wildman–Crippen LogP) is 2.89. The van der Waals surface area contributed by atoms with Gasteiger partial charge in [-0.3, -0.25) is 0 Å². The Labute approximate surface area is 115 Å². The number of rotatable bonds is 6. The van der Waals surface area contributed by atoms with Gasteiger partial charge in [-0.2, -0.15) is 0 Å². The van der Waals surface area contributed by atoms with Gasteiger partial charge in [0.2, 0.25) is 5.89 Å². The summed E-state index contributed by atoms with van der Waals surface area (Å²) in [5.74, 6) is 1.39. The van der Waals surface area contributed by atoms with Crippen LogP contribution < -0.4 is 5.32 Å². The van der Waals surface area contributed by atoms with E-state index in [0.29, 0.717) is 11.9 Å². The number of anilines is 1. The molecule has 1 aliphatic heterocycles. The van der Waals surface area contributed by atoms with Gasteiger partial charge in [0.1, 0.15) is 0 Å². The van der Waals surface area contributed by atoms with E-state index in [1.54, 1.807) is 0 Å². The molecule has 0 amide bonds. The molecule has 0 atom stereocenters. The Morgan fingerprint density at radius 2 is 2.00 bits per heavy atom. The lowest BCUT2D eigenvalue weighted by Crippen LogP contribution is -2.33. The molecule has 0 aliphatic carbocycles. The molecule has 1 aliphatic rings. The van der Waals surface area contributed by atoms with Crippen LogP contribution in [-0.4, -0.2) is 30.0 Å². The van der Waals surface area contributed by atoms with E-state index in [0.717, 1.165) is 51.3 Å². The van der Waals surface area contributed by atoms with Crippen LogP contribution in [0, 0.1) is 11.3 Å². The number of ether oxygens (including phenoxy) is 1. The smallest absolute Gasteiger partial charge is 0.315 e. The average Bonchev–Trinajstić information content (AvgIpc) is 2.83. The van der Waals surface area contributed by atoms with E-state index < -0.39 is 0 Å². The number of hydrogen-bond donors (Lipinski definition) is 1. The summed E-state index contributed by atoms with van der Waals surface area (Å²) in [6.07, 6.45) is 4.09. The molecule has 5 nitrogen and oxygen atoms in total. The molecule has 0 aromatic carbocycles. The number of aromatic nitrogens is 2. The van der Waals surface area contributed by atoms with E-state index in [1.807, 2.05) is 0 Å². The number of aryl methyl sites for hydroxylation is 1. The van der Waals surface area contributed by atoms with Crippen molar-refractivity contribution < 1.29 is 9.15 Å². The van der Waals surface area contributed by atoms with Crippen LogP contribution in [0.25, 0.3) is 0 Å². The molecule has 2 heterocycles. The molecule has 1 N–H and O–H groups in total. The van der Waals surface area contributed by atoms with Gasteiger partial charge in [0.05, 0.1) is 0 Å². The third-order valence-electron chi connectivity index (χ3n) is 3.77. The van der Waals surface area contributed by atoms with Crippen LogP contribution in [0.1, 0.15) is 45.9 Å². The second-order valence-corrected chi connectivity index (χ2v) is 6.21. The molecule has 1 fully saturated rings. The van der Waals surface area contributed by atoms with Gasteiger partial charge in [-0.05, 0) is 30.6 Å². The van der Waals surface area contributed by atoms with Crippen molar-refractivity contribution in [1.82, 2.24) is 10.2 Å². The summed E-state index contributed by atoms with van der Waals surface area (Å²) < 4.78 is 11.0. The highest BCUT2D eigenvalue weighted by Crippen LogP contribution is 2.29. The lowest BCUT2D eigenvalue weighted by atomic mass is 9.82. The van der Waals surface area contributed by atoms with Crippen LogP contribution in [0.3, 0.4) is 0 Å². The van der Waals surface area contributed by atoms with Gasteiger partial charge in [-0.1, -0.05) is 25.9 Å². The maximum absolute atomic E-state index is 5.61. The van der Waals surface area contributed by atoms with Crippen molar-refractivity contribution in [2.24, 2.45) is 11.3 Å². The molecule has 1 aromatic rings. The summed E-state index contributed by atoms with van der Waals surface area (Å²) in [5.41, 5.74) is 0.269. The Kier molecular flexibility index (Phi) is 4.80. The fourth-order valence-corrected chi connectivity index (χ4v) is 2.17. The van der Waals surface area contributed by atoms with Crippen LogP contribution in [0.15, 0.2) is 4.42 Å². The standard InChI is InChI=1S/C14H25N3O2/c1-11(2)4-5-12-16-17-13(19-12)15-10-14(3)6-8-18-9-7-14/h11H,4-10H2,1-3H3,(H,15,17). The summed E-state index contributed by atoms with van der Waals surface area (Å²) in [4.78, 5) is 0. The van der Waals surface area contributed by atoms with Crippen LogP contribution in [-0.2, 0) is 11.2 Å². The Morgan fingerprint density at radius 3 is 2.68 bits per heavy atom. The monoisotopic (exact) mass is 267 g/mol. The number of nitrogens with one attached hydrogen (secondary N) is 1. The highest BCUT2D eigenvalue weighted by atomic mass is 16.5. The van der Waals surface area contributed by atoms with Crippen LogP contribution in [0.2, 0.25) is 0 Å². The zero-order chi connectivity index (χ0) is 13.7. The second kappa shape index (κ2) is 6.37. The van der Waals surface area contributed by atoms with Gasteiger partial charge >= 0.3 is 6.01 Å². The van der Waals surface area contributed by atoms with E-state index in [9.17, 15) is 0 Å². The molecule has 1 saturated heterocycles. The van der Waals surface area contributed by atoms with E-state index in [-0.39, 0.29) is 5.41 Å². The first-order valence-corrected chi connectivity index (χ1v) is 7.21. The van der Waals surface area contributed by atoms with Gasteiger partial charge < -0.3 is 14.5 Å². The predicted molar refractivity (Wildman–Crippen MR) is 74.1 cm³/mol. The Hall–Kier alpha value is -1.10. The molecule has 2 rings (SSSR count). The van der Waals surface area contributed by atoms with Crippen molar-refractivity contribution in [3.8, 4) is 0 Å². The SMILES string of the molecule is CC(C)CCc1nnc(NCC2(C)CCOCC2)o1. The first-order valence-electron chi connectivity index (χ1n) is 7.21. The quantitative estimate of drug-likeness (QED) is 0.858. The van der Waals surface area contributed by atoms with Crippen molar-refractivity contribution in [2.75, 3.05) is 25.1 Å². The van der Waals surface area contributed by atoms with E-state index >= 15 is 0 Å². The molecule has 0 spiro atoms. The van der Waals surface area contributed by atoms with Crippen LogP contribution in [0.4, 0.5) is 6.01 Å². The molecule has 0 bridgehead atoms. The molecule has 5 heteroatoms. The molecule has 19 heavy (non-hydrogen) atoms. The fourth-order valence-electron chi connectivity index (χ4n) is 2.17. The van der Waals surface area contributed by atoms with Gasteiger partial charge in [0.25, 0.3) is 0 Å². The molecule has 0 radical (unpaired) electrons. The van der Waals surface area contributed by atoms with Crippen LogP contribution >= 0.6 is 0 Å². The maximum atomic E-state index is 5.61. The second-order valence-electron chi connectivity index (χ2n) is 6.21. The van der Waals surface area contributed by atoms with E-state index in [1.165, 1.54) is 0 Å². The zero-order valence-electron chi connectivity index (χ0n) is 12.2. The summed E-state index contributed by atoms with van der Waals surface area (Å²) in [7, 11) is 0. The third-order valence-corrected chi connectivity index (χ3v) is 3.77. The fraction of sp³-hybridized carbons (Fsp3) is 0.857. The van der Waals surface area contributed by atoms with Gasteiger partial charge in [0, 0.05) is 26.2 Å². The van der Waals surface area contributed by atoms with Crippen LogP contribution in [0.5, 0.6) is 0 Å². The molecular formula is C14H25N3O2. The molecular weight excluding hydrogens is 242 g/mol. The normalized spacial score (nSPS) is 18.7. The zero-order valence-corrected chi connectivity index (χ0v) is 12.2. The highest BCUT2D eigenvalue weighted by molar-refractivity contribution is 5.17. The van der Waals surface area contributed by atoms with Crippen molar-refractivity contribution in [3.63, 3.8) is 0 Å². The van der Waals surface area contributed by atoms with E-state index in [4.69, 9.17) is 9.15 Å². The lowest BCUT2D eigenvalue weighted by Gasteiger charge is -2.33. The van der Waals surface area contributed by atoms with Gasteiger partial charge in [0.15, 0.2) is 0 Å². The van der Waals surface area contributed by atoms with Crippen molar-refractivity contribution in [2.45, 2.75) is 46.5 Å². The Morgan fingerprint density at radius 1 is 1.26 bits per heavy atom. The summed E-state index contributed by atoms with van der Waals surface area (Å²) in [6.45, 7) is 9.23. The first kappa shape index (κ1) is 14.3. The Bertz CT molecular complexity index is 384. The molecule has 108 valence electrons. The Balaban J connectivity index is 1.79. The minimum Gasteiger partial charge on any atom is -0.408 e. The number of hydrogen-bond acceptors (Lipinski definition) is 5. The third kappa shape index (κ3) is 4.49. The highest BCUT2D eigenvalue weighted by Gasteiger charge is 2.27. The van der Waals surface area contributed by atoms with Gasteiger partial charge in [-0.15, -0.1) is 5.10 Å². The maximum Gasteiger partial charge on any atom is 0.315 e. The molecule has 1 aromatic heterocycles. The number of nitrogens with zero attached hydrogens (tertiary/aromatic N) is 2. The summed E-state index contributed by atoms with van der Waals surface area (Å²) >= 11 is 0. The minimum atomic E-state index is 0.269. The average molecular weight is 267 g/mol. The van der Waals surface area contributed by atoms with Gasteiger partial charge in [-0.25, -0.2) is 0 Å². The lowest BCUT2D eigenvalue weighted by molar-refractivity contribution is 0.0298.